The smallest absolute Gasteiger partial charge is 0.396 e. The van der Waals surface area contributed by atoms with E-state index in [-0.39, 0.29) is 6.61 Å². The number of nitrogens with one attached hydrogen (secondary N) is 1. The van der Waals surface area contributed by atoms with E-state index in [1.54, 1.807) is 6.92 Å². The second-order valence-corrected chi connectivity index (χ2v) is 4.28. The molecule has 4 nitrogen and oxygen atoms in total. The van der Waals surface area contributed by atoms with Crippen molar-refractivity contribution in [2.24, 2.45) is 0 Å². The van der Waals surface area contributed by atoms with Gasteiger partial charge in [0.1, 0.15) is 0 Å². The molecule has 0 aliphatic heterocycles. The third-order valence-corrected chi connectivity index (χ3v) is 2.73. The van der Waals surface area contributed by atoms with Gasteiger partial charge in [0.25, 0.3) is 0 Å². The number of carbonyl (C=O) groups is 2. The van der Waals surface area contributed by atoms with E-state index in [4.69, 9.17) is 0 Å². The predicted molar refractivity (Wildman–Crippen MR) is 69.1 cm³/mol. The minimum absolute atomic E-state index is 0.203. The van der Waals surface area contributed by atoms with Crippen LogP contribution in [0.25, 0.3) is 0 Å². The number of benzene rings is 1. The van der Waals surface area contributed by atoms with Gasteiger partial charge in [-0.3, -0.25) is 4.79 Å². The van der Waals surface area contributed by atoms with Crippen LogP contribution < -0.4 is 5.32 Å². The second-order valence-electron chi connectivity index (χ2n) is 4.28. The number of esters is 1. The molecular formula is C14H19NO3. The van der Waals surface area contributed by atoms with Gasteiger partial charge in [0.2, 0.25) is 0 Å². The molecule has 0 saturated heterocycles. The molecule has 1 aromatic rings. The summed E-state index contributed by atoms with van der Waals surface area (Å²) in [5, 5.41) is 2.57. The lowest BCUT2D eigenvalue weighted by Crippen LogP contribution is -2.32. The zero-order chi connectivity index (χ0) is 13.7. The molecule has 0 aliphatic carbocycles. The van der Waals surface area contributed by atoms with Crippen LogP contribution in [-0.4, -0.2) is 18.5 Å². The van der Waals surface area contributed by atoms with Crippen LogP contribution in [0.4, 0.5) is 0 Å². The van der Waals surface area contributed by atoms with Gasteiger partial charge < -0.3 is 10.1 Å². The number of amides is 1. The molecule has 4 heteroatoms. The minimum Gasteiger partial charge on any atom is -0.459 e. The summed E-state index contributed by atoms with van der Waals surface area (Å²) in [6.45, 7) is 8.22. The third-order valence-electron chi connectivity index (χ3n) is 2.73. The van der Waals surface area contributed by atoms with Crippen molar-refractivity contribution in [3.63, 3.8) is 0 Å². The molecule has 0 unspecified atom stereocenters. The first-order valence-electron chi connectivity index (χ1n) is 5.97. The van der Waals surface area contributed by atoms with E-state index >= 15 is 0 Å². The topological polar surface area (TPSA) is 55.4 Å². The van der Waals surface area contributed by atoms with Crippen LogP contribution in [0.2, 0.25) is 0 Å². The molecule has 1 aromatic carbocycles. The van der Waals surface area contributed by atoms with Crippen molar-refractivity contribution in [2.75, 3.05) is 6.61 Å². The average Bonchev–Trinajstić information content (AvgIpc) is 2.27. The molecule has 0 radical (unpaired) electrons. The largest absolute Gasteiger partial charge is 0.459 e. The second kappa shape index (κ2) is 6.19. The molecular weight excluding hydrogens is 230 g/mol. The van der Waals surface area contributed by atoms with Gasteiger partial charge in [-0.15, -0.1) is 0 Å². The lowest BCUT2D eigenvalue weighted by Gasteiger charge is -2.12. The number of ether oxygens (including phenoxy) is 1. The highest BCUT2D eigenvalue weighted by molar-refractivity contribution is 6.32. The third kappa shape index (κ3) is 3.58. The number of carbonyl (C=O) groups excluding carboxylic acids is 2. The SMILES string of the molecule is CCOC(=O)C(=O)NCc1c(C)cc(C)cc1C. The van der Waals surface area contributed by atoms with Crippen molar-refractivity contribution < 1.29 is 14.3 Å². The van der Waals surface area contributed by atoms with Gasteiger partial charge in [-0.1, -0.05) is 17.7 Å². The Morgan fingerprint density at radius 2 is 1.72 bits per heavy atom. The molecule has 0 aromatic heterocycles. The van der Waals surface area contributed by atoms with Gasteiger partial charge in [0.15, 0.2) is 0 Å². The molecule has 0 saturated carbocycles. The summed E-state index contributed by atoms with van der Waals surface area (Å²) in [4.78, 5) is 22.6. The summed E-state index contributed by atoms with van der Waals surface area (Å²) in [6, 6.07) is 4.11. The fourth-order valence-corrected chi connectivity index (χ4v) is 1.93. The van der Waals surface area contributed by atoms with E-state index in [2.05, 4.69) is 22.2 Å². The Morgan fingerprint density at radius 1 is 1.17 bits per heavy atom. The van der Waals surface area contributed by atoms with Crippen molar-refractivity contribution >= 4 is 11.9 Å². The lowest BCUT2D eigenvalue weighted by atomic mass is 10.00. The Balaban J connectivity index is 2.70. The van der Waals surface area contributed by atoms with E-state index in [0.29, 0.717) is 6.54 Å². The summed E-state index contributed by atoms with van der Waals surface area (Å²) in [6.07, 6.45) is 0. The van der Waals surface area contributed by atoms with Crippen molar-refractivity contribution in [3.05, 3.63) is 34.4 Å². The normalized spacial score (nSPS) is 10.0. The standard InChI is InChI=1S/C14H19NO3/c1-5-18-14(17)13(16)15-8-12-10(3)6-9(2)7-11(12)4/h6-7H,5,8H2,1-4H3,(H,15,16). The van der Waals surface area contributed by atoms with Crippen LogP contribution in [0.15, 0.2) is 12.1 Å². The molecule has 1 rings (SSSR count). The fraction of sp³-hybridized carbons (Fsp3) is 0.429. The zero-order valence-electron chi connectivity index (χ0n) is 11.3. The van der Waals surface area contributed by atoms with Crippen LogP contribution in [0, 0.1) is 20.8 Å². The highest BCUT2D eigenvalue weighted by atomic mass is 16.5. The van der Waals surface area contributed by atoms with Gasteiger partial charge in [-0.2, -0.15) is 0 Å². The Morgan fingerprint density at radius 3 is 2.22 bits per heavy atom. The maximum Gasteiger partial charge on any atom is 0.396 e. The van der Waals surface area contributed by atoms with Crippen molar-refractivity contribution in [3.8, 4) is 0 Å². The predicted octanol–water partition coefficient (Wildman–Crippen LogP) is 1.79. The molecule has 1 N–H and O–H groups in total. The van der Waals surface area contributed by atoms with E-state index in [1.165, 1.54) is 5.56 Å². The Bertz CT molecular complexity index is 443. The van der Waals surface area contributed by atoms with Gasteiger partial charge in [0.05, 0.1) is 6.61 Å². The molecule has 0 fully saturated rings. The summed E-state index contributed by atoms with van der Waals surface area (Å²) in [5.74, 6) is -1.53. The molecule has 0 bridgehead atoms. The molecule has 0 atom stereocenters. The van der Waals surface area contributed by atoms with Crippen molar-refractivity contribution in [2.45, 2.75) is 34.2 Å². The van der Waals surface area contributed by atoms with Gasteiger partial charge >= 0.3 is 11.9 Å². The van der Waals surface area contributed by atoms with Gasteiger partial charge in [-0.25, -0.2) is 4.79 Å². The first-order chi connectivity index (χ1) is 8.45. The van der Waals surface area contributed by atoms with Crippen LogP contribution in [0.3, 0.4) is 0 Å². The maximum atomic E-state index is 11.4. The van der Waals surface area contributed by atoms with E-state index < -0.39 is 11.9 Å². The summed E-state index contributed by atoms with van der Waals surface area (Å²) >= 11 is 0. The van der Waals surface area contributed by atoms with Crippen LogP contribution >= 0.6 is 0 Å². The summed E-state index contributed by atoms with van der Waals surface area (Å²) in [7, 11) is 0. The summed E-state index contributed by atoms with van der Waals surface area (Å²) in [5.41, 5.74) is 4.44. The molecule has 0 heterocycles. The van der Waals surface area contributed by atoms with Gasteiger partial charge in [-0.05, 0) is 44.4 Å². The van der Waals surface area contributed by atoms with E-state index in [1.807, 2.05) is 20.8 Å². The van der Waals surface area contributed by atoms with Crippen molar-refractivity contribution in [1.29, 1.82) is 0 Å². The Hall–Kier alpha value is -1.84. The average molecular weight is 249 g/mol. The first kappa shape index (κ1) is 14.2. The molecule has 18 heavy (non-hydrogen) atoms. The highest BCUT2D eigenvalue weighted by Crippen LogP contribution is 2.15. The highest BCUT2D eigenvalue weighted by Gasteiger charge is 2.14. The van der Waals surface area contributed by atoms with Crippen molar-refractivity contribution in [1.82, 2.24) is 5.32 Å². The Kier molecular flexibility index (Phi) is 4.89. The Labute approximate surface area is 107 Å². The summed E-state index contributed by atoms with van der Waals surface area (Å²) < 4.78 is 4.62. The number of rotatable bonds is 3. The monoisotopic (exact) mass is 249 g/mol. The van der Waals surface area contributed by atoms with Crippen LogP contribution in [0.5, 0.6) is 0 Å². The molecule has 98 valence electrons. The first-order valence-corrected chi connectivity index (χ1v) is 5.97. The quantitative estimate of drug-likeness (QED) is 0.656. The van der Waals surface area contributed by atoms with E-state index in [0.717, 1.165) is 16.7 Å². The number of hydrogen-bond donors (Lipinski definition) is 1. The molecule has 1 amide bonds. The molecule has 0 aliphatic rings. The fourth-order valence-electron chi connectivity index (χ4n) is 1.93. The van der Waals surface area contributed by atoms with Crippen LogP contribution in [-0.2, 0) is 20.9 Å². The lowest BCUT2D eigenvalue weighted by molar-refractivity contribution is -0.154. The van der Waals surface area contributed by atoms with E-state index in [9.17, 15) is 9.59 Å². The minimum atomic E-state index is -0.833. The number of aryl methyl sites for hydroxylation is 3. The van der Waals surface area contributed by atoms with Gasteiger partial charge in [0, 0.05) is 6.54 Å². The number of hydrogen-bond acceptors (Lipinski definition) is 3. The zero-order valence-corrected chi connectivity index (χ0v) is 11.3. The van der Waals surface area contributed by atoms with Crippen LogP contribution in [0.1, 0.15) is 29.2 Å². The molecule has 0 spiro atoms. The maximum absolute atomic E-state index is 11.4.